The second kappa shape index (κ2) is 7.13. The maximum absolute atomic E-state index is 11.7. The third kappa shape index (κ3) is 4.37. The molecule has 1 amide bonds. The van der Waals surface area contributed by atoms with Gasteiger partial charge in [0.2, 0.25) is 5.91 Å². The van der Waals surface area contributed by atoms with Gasteiger partial charge in [0.05, 0.1) is 25.6 Å². The van der Waals surface area contributed by atoms with Gasteiger partial charge in [-0.15, -0.1) is 5.10 Å². The van der Waals surface area contributed by atoms with Crippen LogP contribution in [0, 0.1) is 0 Å². The van der Waals surface area contributed by atoms with Crippen molar-refractivity contribution in [1.82, 2.24) is 25.5 Å². The largest absolute Gasteiger partial charge is 0.469 e. The molecule has 0 radical (unpaired) electrons. The second-order valence-electron chi connectivity index (χ2n) is 4.27. The Morgan fingerprint density at radius 2 is 2.05 bits per heavy atom. The Hall–Kier alpha value is -2.77. The SMILES string of the molecule is COC(=O)CCNC(=O)Cc1ccc(-n2cnnn2)cc1. The van der Waals surface area contributed by atoms with E-state index in [1.165, 1.54) is 18.1 Å². The Kier molecular flexibility index (Phi) is 4.97. The van der Waals surface area contributed by atoms with Crippen molar-refractivity contribution in [1.29, 1.82) is 0 Å². The molecule has 8 nitrogen and oxygen atoms in total. The first kappa shape index (κ1) is 14.6. The monoisotopic (exact) mass is 289 g/mol. The Morgan fingerprint density at radius 1 is 1.29 bits per heavy atom. The van der Waals surface area contributed by atoms with E-state index >= 15 is 0 Å². The lowest BCUT2D eigenvalue weighted by molar-refractivity contribution is -0.140. The molecule has 0 spiro atoms. The lowest BCUT2D eigenvalue weighted by Gasteiger charge is -2.05. The van der Waals surface area contributed by atoms with Crippen LogP contribution in [0.4, 0.5) is 0 Å². The molecule has 1 heterocycles. The highest BCUT2D eigenvalue weighted by molar-refractivity contribution is 5.79. The number of carbonyl (C=O) groups is 2. The number of tetrazole rings is 1. The first-order valence-electron chi connectivity index (χ1n) is 6.35. The van der Waals surface area contributed by atoms with E-state index in [1.807, 2.05) is 24.3 Å². The fourth-order valence-electron chi connectivity index (χ4n) is 1.70. The van der Waals surface area contributed by atoms with E-state index in [2.05, 4.69) is 25.6 Å². The average Bonchev–Trinajstić information content (AvgIpc) is 3.02. The minimum absolute atomic E-state index is 0.144. The number of rotatable bonds is 6. The van der Waals surface area contributed by atoms with Crippen molar-refractivity contribution in [3.8, 4) is 5.69 Å². The predicted molar refractivity (Wildman–Crippen MR) is 72.5 cm³/mol. The molecule has 0 atom stereocenters. The summed E-state index contributed by atoms with van der Waals surface area (Å²) in [4.78, 5) is 22.6. The van der Waals surface area contributed by atoms with E-state index in [4.69, 9.17) is 0 Å². The number of hydrogen-bond acceptors (Lipinski definition) is 6. The Morgan fingerprint density at radius 3 is 2.67 bits per heavy atom. The molecular weight excluding hydrogens is 274 g/mol. The van der Waals surface area contributed by atoms with Crippen molar-refractivity contribution in [2.75, 3.05) is 13.7 Å². The zero-order chi connectivity index (χ0) is 15.1. The molecule has 21 heavy (non-hydrogen) atoms. The van der Waals surface area contributed by atoms with Crippen LogP contribution < -0.4 is 5.32 Å². The number of ether oxygens (including phenoxy) is 1. The summed E-state index contributed by atoms with van der Waals surface area (Å²) >= 11 is 0. The summed E-state index contributed by atoms with van der Waals surface area (Å²) in [5.41, 5.74) is 1.68. The van der Waals surface area contributed by atoms with E-state index in [0.717, 1.165) is 11.3 Å². The second-order valence-corrected chi connectivity index (χ2v) is 4.27. The standard InChI is InChI=1S/C13H15N5O3/c1-21-13(20)6-7-14-12(19)8-10-2-4-11(5-3-10)18-9-15-16-17-18/h2-5,9H,6-8H2,1H3,(H,14,19). The van der Waals surface area contributed by atoms with Crippen LogP contribution in [0.1, 0.15) is 12.0 Å². The summed E-state index contributed by atoms with van der Waals surface area (Å²) in [5, 5.41) is 13.5. The molecule has 8 heteroatoms. The van der Waals surface area contributed by atoms with Crippen molar-refractivity contribution in [3.05, 3.63) is 36.2 Å². The molecule has 2 aromatic rings. The van der Waals surface area contributed by atoms with Gasteiger partial charge in [-0.1, -0.05) is 12.1 Å². The smallest absolute Gasteiger partial charge is 0.307 e. The molecule has 2 rings (SSSR count). The van der Waals surface area contributed by atoms with Crippen LogP contribution in [0.5, 0.6) is 0 Å². The van der Waals surface area contributed by atoms with Gasteiger partial charge in [0.1, 0.15) is 6.33 Å². The van der Waals surface area contributed by atoms with Gasteiger partial charge < -0.3 is 10.1 Å². The van der Waals surface area contributed by atoms with E-state index in [0.29, 0.717) is 0 Å². The van der Waals surface area contributed by atoms with Gasteiger partial charge in [-0.3, -0.25) is 9.59 Å². The van der Waals surface area contributed by atoms with Crippen molar-refractivity contribution >= 4 is 11.9 Å². The molecule has 0 aliphatic carbocycles. The summed E-state index contributed by atoms with van der Waals surface area (Å²) in [6.45, 7) is 0.272. The molecule has 0 aliphatic heterocycles. The number of carbonyl (C=O) groups excluding carboxylic acids is 2. The van der Waals surface area contributed by atoms with Gasteiger partial charge in [-0.25, -0.2) is 4.68 Å². The van der Waals surface area contributed by atoms with E-state index in [9.17, 15) is 9.59 Å². The Balaban J connectivity index is 1.83. The minimum atomic E-state index is -0.346. The van der Waals surface area contributed by atoms with Crippen molar-refractivity contribution < 1.29 is 14.3 Å². The molecule has 0 fully saturated rings. The maximum atomic E-state index is 11.7. The van der Waals surface area contributed by atoms with Gasteiger partial charge in [-0.2, -0.15) is 0 Å². The van der Waals surface area contributed by atoms with Gasteiger partial charge in [0.15, 0.2) is 0 Å². The van der Waals surface area contributed by atoms with E-state index < -0.39 is 0 Å². The fraction of sp³-hybridized carbons (Fsp3) is 0.308. The zero-order valence-electron chi connectivity index (χ0n) is 11.5. The highest BCUT2D eigenvalue weighted by Gasteiger charge is 2.06. The molecule has 1 aromatic carbocycles. The number of esters is 1. The summed E-state index contributed by atoms with van der Waals surface area (Å²) in [6.07, 6.45) is 1.91. The van der Waals surface area contributed by atoms with Gasteiger partial charge in [0, 0.05) is 6.54 Å². The lowest BCUT2D eigenvalue weighted by Crippen LogP contribution is -2.27. The van der Waals surface area contributed by atoms with Crippen LogP contribution in [-0.2, 0) is 20.7 Å². The third-order valence-electron chi connectivity index (χ3n) is 2.79. The van der Waals surface area contributed by atoms with Crippen molar-refractivity contribution in [2.24, 2.45) is 0 Å². The molecule has 0 aliphatic rings. The first-order chi connectivity index (χ1) is 10.2. The van der Waals surface area contributed by atoms with Crippen LogP contribution in [0.25, 0.3) is 5.69 Å². The quantitative estimate of drug-likeness (QED) is 0.745. The Bertz CT molecular complexity index is 595. The molecule has 0 saturated carbocycles. The van der Waals surface area contributed by atoms with Crippen molar-refractivity contribution in [2.45, 2.75) is 12.8 Å². The predicted octanol–water partition coefficient (Wildman–Crippen LogP) is -0.116. The van der Waals surface area contributed by atoms with E-state index in [1.54, 1.807) is 0 Å². The number of hydrogen-bond donors (Lipinski definition) is 1. The minimum Gasteiger partial charge on any atom is -0.469 e. The Labute approximate surface area is 121 Å². The summed E-state index contributed by atoms with van der Waals surface area (Å²) in [7, 11) is 1.32. The van der Waals surface area contributed by atoms with Gasteiger partial charge in [0.25, 0.3) is 0 Å². The zero-order valence-corrected chi connectivity index (χ0v) is 11.5. The lowest BCUT2D eigenvalue weighted by atomic mass is 10.1. The first-order valence-corrected chi connectivity index (χ1v) is 6.35. The van der Waals surface area contributed by atoms with Crippen LogP contribution in [0.2, 0.25) is 0 Å². The van der Waals surface area contributed by atoms with Gasteiger partial charge in [-0.05, 0) is 28.1 Å². The number of benzene rings is 1. The van der Waals surface area contributed by atoms with Gasteiger partial charge >= 0.3 is 5.97 Å². The number of amides is 1. The maximum Gasteiger partial charge on any atom is 0.307 e. The normalized spacial score (nSPS) is 10.1. The fourth-order valence-corrected chi connectivity index (χ4v) is 1.70. The number of methoxy groups -OCH3 is 1. The summed E-state index contributed by atoms with van der Waals surface area (Å²) in [6, 6.07) is 7.31. The number of nitrogens with one attached hydrogen (secondary N) is 1. The number of nitrogens with zero attached hydrogens (tertiary/aromatic N) is 4. The summed E-state index contributed by atoms with van der Waals surface area (Å²) in [5.74, 6) is -0.491. The number of aromatic nitrogens is 4. The molecule has 0 unspecified atom stereocenters. The molecule has 110 valence electrons. The van der Waals surface area contributed by atoms with Crippen LogP contribution >= 0.6 is 0 Å². The molecule has 1 aromatic heterocycles. The van der Waals surface area contributed by atoms with E-state index in [-0.39, 0.29) is 31.3 Å². The van der Waals surface area contributed by atoms with Crippen molar-refractivity contribution in [3.63, 3.8) is 0 Å². The highest BCUT2D eigenvalue weighted by Crippen LogP contribution is 2.08. The molecule has 0 bridgehead atoms. The molecule has 0 saturated heterocycles. The van der Waals surface area contributed by atoms with Crippen LogP contribution in [0.15, 0.2) is 30.6 Å². The highest BCUT2D eigenvalue weighted by atomic mass is 16.5. The third-order valence-corrected chi connectivity index (χ3v) is 2.79. The average molecular weight is 289 g/mol. The van der Waals surface area contributed by atoms with Crippen LogP contribution in [0.3, 0.4) is 0 Å². The van der Waals surface area contributed by atoms with Crippen LogP contribution in [-0.4, -0.2) is 45.7 Å². The topological polar surface area (TPSA) is 99.0 Å². The summed E-state index contributed by atoms with van der Waals surface area (Å²) < 4.78 is 6.02. The molecule has 1 N–H and O–H groups in total. The molecular formula is C13H15N5O3.